The highest BCUT2D eigenvalue weighted by Crippen LogP contribution is 2.45. The minimum absolute atomic E-state index is 0.866. The van der Waals surface area contributed by atoms with Crippen molar-refractivity contribution in [3.63, 3.8) is 0 Å². The van der Waals surface area contributed by atoms with Gasteiger partial charge in [0, 0.05) is 0 Å². The first-order chi connectivity index (χ1) is 6.95. The maximum absolute atomic E-state index is 2.43. The molecule has 2 unspecified atom stereocenters. The zero-order valence-corrected chi connectivity index (χ0v) is 11.6. The molecule has 1 aliphatic rings. The van der Waals surface area contributed by atoms with Crippen LogP contribution in [-0.4, -0.2) is 0 Å². The van der Waals surface area contributed by atoms with Crippen molar-refractivity contribution in [3.05, 3.63) is 0 Å². The molecule has 0 N–H and O–H groups in total. The van der Waals surface area contributed by atoms with Gasteiger partial charge in [0.25, 0.3) is 0 Å². The molecule has 0 aromatic carbocycles. The molecule has 15 heavy (non-hydrogen) atoms. The van der Waals surface area contributed by atoms with Crippen molar-refractivity contribution in [3.8, 4) is 0 Å². The van der Waals surface area contributed by atoms with E-state index in [9.17, 15) is 0 Å². The fourth-order valence-electron chi connectivity index (χ4n) is 3.84. The van der Waals surface area contributed by atoms with Crippen LogP contribution in [0.4, 0.5) is 0 Å². The molecule has 0 heterocycles. The van der Waals surface area contributed by atoms with Gasteiger partial charge in [-0.1, -0.05) is 48.0 Å². The lowest BCUT2D eigenvalue weighted by Gasteiger charge is -2.44. The molecule has 0 nitrogen and oxygen atoms in total. The summed E-state index contributed by atoms with van der Waals surface area (Å²) in [7, 11) is 0. The molecule has 1 fully saturated rings. The molecule has 1 saturated carbocycles. The van der Waals surface area contributed by atoms with Crippen molar-refractivity contribution in [1.29, 1.82) is 0 Å². The van der Waals surface area contributed by atoms with Crippen molar-refractivity contribution < 1.29 is 0 Å². The second-order valence-corrected chi connectivity index (χ2v) is 6.57. The lowest BCUT2D eigenvalue weighted by molar-refractivity contribution is 0.0476. The van der Waals surface area contributed by atoms with Crippen LogP contribution in [0.5, 0.6) is 0 Å². The standard InChI is InChI=1S/C15H30/c1-10(2)13-8-7-9-14(11(3)4)15(13)12(5)6/h10-15H,7-9H2,1-6H3. The van der Waals surface area contributed by atoms with Crippen LogP contribution in [-0.2, 0) is 0 Å². The van der Waals surface area contributed by atoms with Gasteiger partial charge in [-0.15, -0.1) is 0 Å². The predicted octanol–water partition coefficient (Wildman–Crippen LogP) is 4.99. The lowest BCUT2D eigenvalue weighted by atomic mass is 9.61. The zero-order chi connectivity index (χ0) is 11.6. The molecule has 0 aliphatic heterocycles. The summed E-state index contributed by atoms with van der Waals surface area (Å²) in [6.07, 6.45) is 4.42. The van der Waals surface area contributed by atoms with Crippen LogP contribution in [0.25, 0.3) is 0 Å². The highest BCUT2D eigenvalue weighted by molar-refractivity contribution is 4.86. The highest BCUT2D eigenvalue weighted by atomic mass is 14.4. The fourth-order valence-corrected chi connectivity index (χ4v) is 3.84. The molecule has 2 atom stereocenters. The van der Waals surface area contributed by atoms with E-state index in [1.165, 1.54) is 19.3 Å². The van der Waals surface area contributed by atoms with Gasteiger partial charge in [0.2, 0.25) is 0 Å². The van der Waals surface area contributed by atoms with Gasteiger partial charge in [0.15, 0.2) is 0 Å². The van der Waals surface area contributed by atoms with Crippen LogP contribution in [0.1, 0.15) is 60.8 Å². The van der Waals surface area contributed by atoms with Gasteiger partial charge in [-0.2, -0.15) is 0 Å². The van der Waals surface area contributed by atoms with E-state index in [1.807, 2.05) is 0 Å². The van der Waals surface area contributed by atoms with Crippen LogP contribution in [0, 0.1) is 35.5 Å². The first kappa shape index (κ1) is 13.1. The average Bonchev–Trinajstić information content (AvgIpc) is 2.16. The average molecular weight is 210 g/mol. The summed E-state index contributed by atoms with van der Waals surface area (Å²) >= 11 is 0. The molecule has 0 heteroatoms. The predicted molar refractivity (Wildman–Crippen MR) is 68.8 cm³/mol. The molecule has 0 bridgehead atoms. The number of hydrogen-bond donors (Lipinski definition) is 0. The normalized spacial score (nSPS) is 33.0. The van der Waals surface area contributed by atoms with Crippen LogP contribution < -0.4 is 0 Å². The van der Waals surface area contributed by atoms with Gasteiger partial charge < -0.3 is 0 Å². The second-order valence-electron chi connectivity index (χ2n) is 6.57. The summed E-state index contributed by atoms with van der Waals surface area (Å²) in [5, 5.41) is 0. The third kappa shape index (κ3) is 2.98. The minimum atomic E-state index is 0.866. The highest BCUT2D eigenvalue weighted by Gasteiger charge is 2.37. The van der Waals surface area contributed by atoms with Gasteiger partial charge in [-0.05, 0) is 48.3 Å². The second kappa shape index (κ2) is 5.37. The molecular weight excluding hydrogens is 180 g/mol. The Balaban J connectivity index is 2.80. The quantitative estimate of drug-likeness (QED) is 0.616. The van der Waals surface area contributed by atoms with E-state index in [0.717, 1.165) is 35.5 Å². The van der Waals surface area contributed by atoms with Crippen LogP contribution in [0.15, 0.2) is 0 Å². The third-order valence-corrected chi connectivity index (χ3v) is 4.55. The minimum Gasteiger partial charge on any atom is -0.0625 e. The zero-order valence-electron chi connectivity index (χ0n) is 11.6. The van der Waals surface area contributed by atoms with Crippen molar-refractivity contribution in [1.82, 2.24) is 0 Å². The van der Waals surface area contributed by atoms with Gasteiger partial charge >= 0.3 is 0 Å². The SMILES string of the molecule is CC(C)C1CCCC(C(C)C)C1C(C)C. The molecule has 0 spiro atoms. The van der Waals surface area contributed by atoms with E-state index in [-0.39, 0.29) is 0 Å². The Morgan fingerprint density at radius 2 is 1.07 bits per heavy atom. The summed E-state index contributed by atoms with van der Waals surface area (Å²) in [6, 6.07) is 0. The first-order valence-corrected chi connectivity index (χ1v) is 6.95. The Morgan fingerprint density at radius 1 is 0.667 bits per heavy atom. The Kier molecular flexibility index (Phi) is 4.67. The lowest BCUT2D eigenvalue weighted by Crippen LogP contribution is -2.37. The Bertz CT molecular complexity index is 162. The number of rotatable bonds is 3. The summed E-state index contributed by atoms with van der Waals surface area (Å²) in [6.45, 7) is 14.5. The summed E-state index contributed by atoms with van der Waals surface area (Å²) in [5.41, 5.74) is 0. The smallest absolute Gasteiger partial charge is 0.0329 e. The summed E-state index contributed by atoms with van der Waals surface area (Å²) in [4.78, 5) is 0. The molecule has 1 aliphatic carbocycles. The Morgan fingerprint density at radius 3 is 1.33 bits per heavy atom. The van der Waals surface area contributed by atoms with Gasteiger partial charge in [-0.3, -0.25) is 0 Å². The monoisotopic (exact) mass is 210 g/mol. The third-order valence-electron chi connectivity index (χ3n) is 4.55. The van der Waals surface area contributed by atoms with Gasteiger partial charge in [0.1, 0.15) is 0 Å². The van der Waals surface area contributed by atoms with Crippen molar-refractivity contribution in [2.45, 2.75) is 60.8 Å². The van der Waals surface area contributed by atoms with E-state index < -0.39 is 0 Å². The van der Waals surface area contributed by atoms with E-state index in [0.29, 0.717) is 0 Å². The molecule has 0 aromatic rings. The summed E-state index contributed by atoms with van der Waals surface area (Å²) in [5.74, 6) is 5.54. The van der Waals surface area contributed by atoms with Crippen LogP contribution in [0.3, 0.4) is 0 Å². The van der Waals surface area contributed by atoms with Gasteiger partial charge in [0.05, 0.1) is 0 Å². The molecule has 0 aromatic heterocycles. The van der Waals surface area contributed by atoms with E-state index in [1.54, 1.807) is 0 Å². The van der Waals surface area contributed by atoms with Crippen molar-refractivity contribution in [2.24, 2.45) is 35.5 Å². The number of hydrogen-bond acceptors (Lipinski definition) is 0. The van der Waals surface area contributed by atoms with E-state index in [4.69, 9.17) is 0 Å². The molecule has 0 amide bonds. The molecular formula is C15H30. The first-order valence-electron chi connectivity index (χ1n) is 6.95. The Labute approximate surface area is 96.8 Å². The fraction of sp³-hybridized carbons (Fsp3) is 1.00. The Hall–Kier alpha value is 0. The van der Waals surface area contributed by atoms with Crippen molar-refractivity contribution >= 4 is 0 Å². The molecule has 1 rings (SSSR count). The summed E-state index contributed by atoms with van der Waals surface area (Å²) < 4.78 is 0. The van der Waals surface area contributed by atoms with E-state index in [2.05, 4.69) is 41.5 Å². The molecule has 0 saturated heterocycles. The van der Waals surface area contributed by atoms with Crippen LogP contribution in [0.2, 0.25) is 0 Å². The maximum atomic E-state index is 2.43. The van der Waals surface area contributed by atoms with E-state index >= 15 is 0 Å². The molecule has 90 valence electrons. The topological polar surface area (TPSA) is 0 Å². The molecule has 0 radical (unpaired) electrons. The maximum Gasteiger partial charge on any atom is -0.0329 e. The van der Waals surface area contributed by atoms with Crippen molar-refractivity contribution in [2.75, 3.05) is 0 Å². The van der Waals surface area contributed by atoms with Gasteiger partial charge in [-0.25, -0.2) is 0 Å². The largest absolute Gasteiger partial charge is 0.0625 e. The van der Waals surface area contributed by atoms with Crippen LogP contribution >= 0.6 is 0 Å².